The fourth-order valence-corrected chi connectivity index (χ4v) is 4.03. The van der Waals surface area contributed by atoms with Crippen LogP contribution in [0.2, 0.25) is 0 Å². The molecule has 2 atom stereocenters. The maximum Gasteiger partial charge on any atom is -0.0412 e. The monoisotopic (exact) mass is 324 g/mol. The van der Waals surface area contributed by atoms with Crippen LogP contribution in [0.4, 0.5) is 0 Å². The zero-order valence-electron chi connectivity index (χ0n) is 17.2. The van der Waals surface area contributed by atoms with Crippen molar-refractivity contribution in [2.45, 2.75) is 137 Å². The highest BCUT2D eigenvalue weighted by Gasteiger charge is 2.15. The molecule has 0 rings (SSSR count). The van der Waals surface area contributed by atoms with Gasteiger partial charge in [-0.15, -0.1) is 0 Å². The Hall–Kier alpha value is 0. The third kappa shape index (κ3) is 15.3. The van der Waals surface area contributed by atoms with E-state index in [0.717, 1.165) is 11.8 Å². The normalized spacial score (nSPS) is 14.1. The van der Waals surface area contributed by atoms with E-state index in [4.69, 9.17) is 0 Å². The molecular weight excluding hydrogens is 276 g/mol. The average molecular weight is 325 g/mol. The Labute approximate surface area is 149 Å². The second-order valence-corrected chi connectivity index (χ2v) is 7.95. The van der Waals surface area contributed by atoms with Crippen LogP contribution < -0.4 is 0 Å². The van der Waals surface area contributed by atoms with E-state index in [1.807, 2.05) is 0 Å². The molecule has 0 spiro atoms. The van der Waals surface area contributed by atoms with Crippen molar-refractivity contribution in [2.24, 2.45) is 11.8 Å². The van der Waals surface area contributed by atoms with Crippen LogP contribution >= 0.6 is 0 Å². The Balaban J connectivity index is 4.12. The fraction of sp³-hybridized carbons (Fsp3) is 1.00. The minimum Gasteiger partial charge on any atom is -0.0654 e. The van der Waals surface area contributed by atoms with Gasteiger partial charge in [-0.2, -0.15) is 0 Å². The summed E-state index contributed by atoms with van der Waals surface area (Å²) in [5.74, 6) is 2.05. The van der Waals surface area contributed by atoms with Crippen LogP contribution in [0.3, 0.4) is 0 Å². The van der Waals surface area contributed by atoms with E-state index in [0.29, 0.717) is 0 Å². The Morgan fingerprint density at radius 3 is 1.35 bits per heavy atom. The molecule has 0 heteroatoms. The zero-order valence-corrected chi connectivity index (χ0v) is 17.2. The standard InChI is InChI=1S/C23H48/c1-5-9-12-14-16-19-22(17-8-4)21-23(18-11-7-3)20-15-13-10-6-2/h22-23H,5-21H2,1-4H3. The third-order valence-corrected chi connectivity index (χ3v) is 5.51. The van der Waals surface area contributed by atoms with E-state index >= 15 is 0 Å². The van der Waals surface area contributed by atoms with Crippen LogP contribution in [0.25, 0.3) is 0 Å². The van der Waals surface area contributed by atoms with Crippen LogP contribution in [0.1, 0.15) is 137 Å². The summed E-state index contributed by atoms with van der Waals surface area (Å²) in [5, 5.41) is 0. The van der Waals surface area contributed by atoms with Crippen LogP contribution in [0.15, 0.2) is 0 Å². The van der Waals surface area contributed by atoms with E-state index < -0.39 is 0 Å². The number of hydrogen-bond donors (Lipinski definition) is 0. The molecule has 2 unspecified atom stereocenters. The lowest BCUT2D eigenvalue weighted by molar-refractivity contribution is 0.288. The maximum absolute atomic E-state index is 2.38. The largest absolute Gasteiger partial charge is 0.0654 e. The lowest BCUT2D eigenvalue weighted by Gasteiger charge is -2.24. The van der Waals surface area contributed by atoms with Crippen molar-refractivity contribution in [3.8, 4) is 0 Å². The second kappa shape index (κ2) is 18.3. The molecule has 0 bridgehead atoms. The Morgan fingerprint density at radius 2 is 0.826 bits per heavy atom. The second-order valence-electron chi connectivity index (χ2n) is 7.95. The summed E-state index contributed by atoms with van der Waals surface area (Å²) in [6.45, 7) is 9.37. The molecule has 0 aliphatic rings. The van der Waals surface area contributed by atoms with Gasteiger partial charge in [-0.3, -0.25) is 0 Å². The Morgan fingerprint density at radius 1 is 0.391 bits per heavy atom. The van der Waals surface area contributed by atoms with Crippen molar-refractivity contribution in [1.82, 2.24) is 0 Å². The van der Waals surface area contributed by atoms with Gasteiger partial charge in [0.2, 0.25) is 0 Å². The van der Waals surface area contributed by atoms with Crippen molar-refractivity contribution in [3.05, 3.63) is 0 Å². The molecule has 0 nitrogen and oxygen atoms in total. The van der Waals surface area contributed by atoms with Gasteiger partial charge in [-0.25, -0.2) is 0 Å². The Kier molecular flexibility index (Phi) is 18.3. The summed E-state index contributed by atoms with van der Waals surface area (Å²) in [6.07, 6.45) is 24.7. The molecule has 0 amide bonds. The molecule has 140 valence electrons. The molecule has 0 heterocycles. The quantitative estimate of drug-likeness (QED) is 0.221. The molecular formula is C23H48. The third-order valence-electron chi connectivity index (χ3n) is 5.51. The first-order valence-corrected chi connectivity index (χ1v) is 11.3. The first-order chi connectivity index (χ1) is 11.3. The summed E-state index contributed by atoms with van der Waals surface area (Å²) in [6, 6.07) is 0. The summed E-state index contributed by atoms with van der Waals surface area (Å²) in [4.78, 5) is 0. The van der Waals surface area contributed by atoms with Gasteiger partial charge in [0.25, 0.3) is 0 Å². The van der Waals surface area contributed by atoms with Gasteiger partial charge in [-0.05, 0) is 18.3 Å². The highest BCUT2D eigenvalue weighted by molar-refractivity contribution is 4.68. The van der Waals surface area contributed by atoms with Crippen molar-refractivity contribution in [2.75, 3.05) is 0 Å². The highest BCUT2D eigenvalue weighted by Crippen LogP contribution is 2.29. The van der Waals surface area contributed by atoms with E-state index in [9.17, 15) is 0 Å². The molecule has 0 N–H and O–H groups in total. The predicted octanol–water partition coefficient (Wildman–Crippen LogP) is 8.93. The molecule has 0 aliphatic carbocycles. The van der Waals surface area contributed by atoms with E-state index in [1.165, 1.54) is 109 Å². The topological polar surface area (TPSA) is 0 Å². The molecule has 23 heavy (non-hydrogen) atoms. The zero-order chi connectivity index (χ0) is 17.2. The number of rotatable bonds is 18. The summed E-state index contributed by atoms with van der Waals surface area (Å²) >= 11 is 0. The highest BCUT2D eigenvalue weighted by atomic mass is 14.2. The van der Waals surface area contributed by atoms with Gasteiger partial charge in [0.05, 0.1) is 0 Å². The van der Waals surface area contributed by atoms with E-state index in [1.54, 1.807) is 0 Å². The maximum atomic E-state index is 2.38. The first-order valence-electron chi connectivity index (χ1n) is 11.3. The molecule has 0 aliphatic heterocycles. The molecule has 0 fully saturated rings. The minimum atomic E-state index is 1.02. The van der Waals surface area contributed by atoms with Gasteiger partial charge in [0, 0.05) is 0 Å². The van der Waals surface area contributed by atoms with Crippen molar-refractivity contribution >= 4 is 0 Å². The van der Waals surface area contributed by atoms with Gasteiger partial charge in [0.1, 0.15) is 0 Å². The van der Waals surface area contributed by atoms with Gasteiger partial charge in [-0.1, -0.05) is 130 Å². The Bertz CT molecular complexity index is 208. The molecule has 0 radical (unpaired) electrons. The van der Waals surface area contributed by atoms with Gasteiger partial charge in [0.15, 0.2) is 0 Å². The number of unbranched alkanes of at least 4 members (excludes halogenated alkanes) is 8. The van der Waals surface area contributed by atoms with Crippen LogP contribution in [0, 0.1) is 11.8 Å². The van der Waals surface area contributed by atoms with Crippen LogP contribution in [0.5, 0.6) is 0 Å². The fourth-order valence-electron chi connectivity index (χ4n) is 4.03. The van der Waals surface area contributed by atoms with Crippen LogP contribution in [-0.2, 0) is 0 Å². The summed E-state index contributed by atoms with van der Waals surface area (Å²) in [7, 11) is 0. The minimum absolute atomic E-state index is 1.02. The van der Waals surface area contributed by atoms with Gasteiger partial charge >= 0.3 is 0 Å². The molecule has 0 aromatic rings. The summed E-state index contributed by atoms with van der Waals surface area (Å²) in [5.41, 5.74) is 0. The smallest absolute Gasteiger partial charge is 0.0412 e. The number of hydrogen-bond acceptors (Lipinski definition) is 0. The van der Waals surface area contributed by atoms with Crippen molar-refractivity contribution < 1.29 is 0 Å². The van der Waals surface area contributed by atoms with Crippen molar-refractivity contribution in [1.29, 1.82) is 0 Å². The average Bonchev–Trinajstić information content (AvgIpc) is 2.56. The van der Waals surface area contributed by atoms with E-state index in [2.05, 4.69) is 27.7 Å². The van der Waals surface area contributed by atoms with Gasteiger partial charge < -0.3 is 0 Å². The molecule has 0 aromatic heterocycles. The summed E-state index contributed by atoms with van der Waals surface area (Å²) < 4.78 is 0. The molecule has 0 saturated carbocycles. The van der Waals surface area contributed by atoms with Crippen LogP contribution in [-0.4, -0.2) is 0 Å². The molecule has 0 aromatic carbocycles. The lowest BCUT2D eigenvalue weighted by Crippen LogP contribution is -2.10. The lowest BCUT2D eigenvalue weighted by atomic mass is 9.82. The SMILES string of the molecule is CCCCCCCC(CCC)CC(CCCC)CCCCCC. The first kappa shape index (κ1) is 23.0. The van der Waals surface area contributed by atoms with E-state index in [-0.39, 0.29) is 0 Å². The molecule has 0 saturated heterocycles. The predicted molar refractivity (Wildman–Crippen MR) is 108 cm³/mol. The van der Waals surface area contributed by atoms with Crippen molar-refractivity contribution in [3.63, 3.8) is 0 Å².